The molecule has 6 nitrogen and oxygen atoms in total. The van der Waals surface area contributed by atoms with Crippen LogP contribution in [0.3, 0.4) is 0 Å². The SMILES string of the molecule is Cc1cc(N2CCN(c3ccccc3)C(=O)C2)nc(-c2ccc(C(F)(F)F)nc2)n1. The van der Waals surface area contributed by atoms with Crippen molar-refractivity contribution in [3.05, 3.63) is 66.1 Å². The number of carbonyl (C=O) groups excluding carboxylic acids is 1. The Kier molecular flexibility index (Phi) is 5.11. The Labute approximate surface area is 171 Å². The van der Waals surface area contributed by atoms with Crippen molar-refractivity contribution in [1.82, 2.24) is 15.0 Å². The molecule has 1 fully saturated rings. The first-order chi connectivity index (χ1) is 14.3. The number of aryl methyl sites for hydroxylation is 1. The fourth-order valence-electron chi connectivity index (χ4n) is 3.29. The van der Waals surface area contributed by atoms with Crippen molar-refractivity contribution < 1.29 is 18.0 Å². The summed E-state index contributed by atoms with van der Waals surface area (Å²) in [6.07, 6.45) is -3.39. The zero-order chi connectivity index (χ0) is 21.3. The number of hydrogen-bond donors (Lipinski definition) is 0. The van der Waals surface area contributed by atoms with Crippen LogP contribution in [-0.4, -0.2) is 40.5 Å². The number of nitrogens with zero attached hydrogens (tertiary/aromatic N) is 5. The maximum absolute atomic E-state index is 12.7. The maximum atomic E-state index is 12.7. The highest BCUT2D eigenvalue weighted by molar-refractivity contribution is 5.97. The van der Waals surface area contributed by atoms with Gasteiger partial charge in [0.15, 0.2) is 5.82 Å². The van der Waals surface area contributed by atoms with Crippen LogP contribution in [0.5, 0.6) is 0 Å². The fraction of sp³-hybridized carbons (Fsp3) is 0.238. The first kappa shape index (κ1) is 19.8. The summed E-state index contributed by atoms with van der Waals surface area (Å²) in [7, 11) is 0. The number of pyridine rings is 1. The smallest absolute Gasteiger partial charge is 0.345 e. The van der Waals surface area contributed by atoms with Crippen LogP contribution in [0.25, 0.3) is 11.4 Å². The third-order valence-corrected chi connectivity index (χ3v) is 4.77. The van der Waals surface area contributed by atoms with Crippen LogP contribution in [0.4, 0.5) is 24.7 Å². The van der Waals surface area contributed by atoms with E-state index < -0.39 is 11.9 Å². The molecule has 0 radical (unpaired) electrons. The quantitative estimate of drug-likeness (QED) is 0.655. The summed E-state index contributed by atoms with van der Waals surface area (Å²) in [5.74, 6) is 0.768. The molecule has 0 aliphatic carbocycles. The molecule has 154 valence electrons. The number of piperazine rings is 1. The third-order valence-electron chi connectivity index (χ3n) is 4.77. The van der Waals surface area contributed by atoms with Gasteiger partial charge in [-0.05, 0) is 31.2 Å². The van der Waals surface area contributed by atoms with E-state index in [0.717, 1.165) is 18.0 Å². The van der Waals surface area contributed by atoms with Gasteiger partial charge < -0.3 is 9.80 Å². The average Bonchev–Trinajstić information content (AvgIpc) is 2.73. The van der Waals surface area contributed by atoms with Crippen molar-refractivity contribution in [1.29, 1.82) is 0 Å². The molecule has 0 atom stereocenters. The van der Waals surface area contributed by atoms with Gasteiger partial charge in [-0.3, -0.25) is 9.78 Å². The fourth-order valence-corrected chi connectivity index (χ4v) is 3.29. The summed E-state index contributed by atoms with van der Waals surface area (Å²) in [6, 6.07) is 13.4. The van der Waals surface area contributed by atoms with Gasteiger partial charge in [-0.2, -0.15) is 13.2 Å². The van der Waals surface area contributed by atoms with Gasteiger partial charge in [0.1, 0.15) is 11.5 Å². The summed E-state index contributed by atoms with van der Waals surface area (Å²) < 4.78 is 38.2. The maximum Gasteiger partial charge on any atom is 0.433 e. The number of benzene rings is 1. The van der Waals surface area contributed by atoms with E-state index in [1.54, 1.807) is 17.9 Å². The Bertz CT molecular complexity index is 1050. The number of halogens is 3. The monoisotopic (exact) mass is 413 g/mol. The van der Waals surface area contributed by atoms with E-state index in [2.05, 4.69) is 15.0 Å². The number of aromatic nitrogens is 3. The zero-order valence-corrected chi connectivity index (χ0v) is 16.1. The van der Waals surface area contributed by atoms with Crippen molar-refractivity contribution in [2.45, 2.75) is 13.1 Å². The highest BCUT2D eigenvalue weighted by Crippen LogP contribution is 2.29. The standard InChI is InChI=1S/C21H18F3N5O/c1-14-11-18(27-20(26-14)15-7-8-17(25-12-15)21(22,23)24)28-9-10-29(19(30)13-28)16-5-3-2-4-6-16/h2-8,11-12H,9-10,13H2,1H3. The molecule has 1 aliphatic heterocycles. The average molecular weight is 413 g/mol. The summed E-state index contributed by atoms with van der Waals surface area (Å²) in [6.45, 7) is 3.00. The van der Waals surface area contributed by atoms with Crippen LogP contribution in [0.1, 0.15) is 11.4 Å². The number of alkyl halides is 3. The predicted molar refractivity (Wildman–Crippen MR) is 106 cm³/mol. The number of anilines is 2. The van der Waals surface area contributed by atoms with E-state index >= 15 is 0 Å². The molecule has 3 aromatic rings. The number of rotatable bonds is 3. The van der Waals surface area contributed by atoms with E-state index in [0.29, 0.717) is 30.2 Å². The highest BCUT2D eigenvalue weighted by Gasteiger charge is 2.32. The second kappa shape index (κ2) is 7.74. The number of carbonyl (C=O) groups is 1. The molecular formula is C21H18F3N5O. The lowest BCUT2D eigenvalue weighted by atomic mass is 10.2. The molecule has 3 heterocycles. The van der Waals surface area contributed by atoms with Crippen LogP contribution in [0, 0.1) is 6.92 Å². The minimum atomic E-state index is -4.50. The molecule has 1 aromatic carbocycles. The predicted octanol–water partition coefficient (Wildman–Crippen LogP) is 3.72. The number of amides is 1. The van der Waals surface area contributed by atoms with E-state index in [1.165, 1.54) is 6.07 Å². The summed E-state index contributed by atoms with van der Waals surface area (Å²) in [4.78, 5) is 28.5. The van der Waals surface area contributed by atoms with Crippen molar-refractivity contribution in [2.24, 2.45) is 0 Å². The van der Waals surface area contributed by atoms with Gasteiger partial charge in [0.2, 0.25) is 5.91 Å². The van der Waals surface area contributed by atoms with Crippen LogP contribution in [-0.2, 0) is 11.0 Å². The van der Waals surface area contributed by atoms with Gasteiger partial charge in [0.25, 0.3) is 0 Å². The van der Waals surface area contributed by atoms with Crippen molar-refractivity contribution in [2.75, 3.05) is 29.4 Å². The van der Waals surface area contributed by atoms with Gasteiger partial charge in [0.05, 0.1) is 6.54 Å². The van der Waals surface area contributed by atoms with Crippen LogP contribution < -0.4 is 9.80 Å². The lowest BCUT2D eigenvalue weighted by Gasteiger charge is -2.35. The molecule has 4 rings (SSSR count). The Morgan fingerprint density at radius 3 is 2.40 bits per heavy atom. The molecule has 1 aliphatic rings. The molecule has 0 spiro atoms. The van der Waals surface area contributed by atoms with Gasteiger partial charge in [-0.1, -0.05) is 18.2 Å². The molecule has 1 amide bonds. The zero-order valence-electron chi connectivity index (χ0n) is 16.1. The Balaban J connectivity index is 1.56. The molecule has 0 unspecified atom stereocenters. The van der Waals surface area contributed by atoms with E-state index in [4.69, 9.17) is 0 Å². The third kappa shape index (κ3) is 4.10. The molecule has 0 saturated carbocycles. The normalized spacial score (nSPS) is 14.9. The number of para-hydroxylation sites is 1. The minimum Gasteiger partial charge on any atom is -0.345 e. The summed E-state index contributed by atoms with van der Waals surface area (Å²) >= 11 is 0. The van der Waals surface area contributed by atoms with E-state index in [9.17, 15) is 18.0 Å². The molecular weight excluding hydrogens is 395 g/mol. The Morgan fingerprint density at radius 1 is 1.00 bits per heavy atom. The van der Waals surface area contributed by atoms with Gasteiger partial charge in [-0.25, -0.2) is 9.97 Å². The first-order valence-electron chi connectivity index (χ1n) is 9.31. The van der Waals surface area contributed by atoms with Crippen molar-refractivity contribution in [3.63, 3.8) is 0 Å². The second-order valence-electron chi connectivity index (χ2n) is 6.92. The lowest BCUT2D eigenvalue weighted by molar-refractivity contribution is -0.141. The molecule has 0 N–H and O–H groups in total. The van der Waals surface area contributed by atoms with Gasteiger partial charge in [0, 0.05) is 42.3 Å². The summed E-state index contributed by atoms with van der Waals surface area (Å²) in [5.41, 5.74) is 0.898. The topological polar surface area (TPSA) is 62.2 Å². The van der Waals surface area contributed by atoms with Crippen LogP contribution in [0.15, 0.2) is 54.7 Å². The minimum absolute atomic E-state index is 0.0542. The van der Waals surface area contributed by atoms with Crippen molar-refractivity contribution in [3.8, 4) is 11.4 Å². The first-order valence-corrected chi connectivity index (χ1v) is 9.31. The largest absolute Gasteiger partial charge is 0.433 e. The Hall–Kier alpha value is -3.49. The number of hydrogen-bond acceptors (Lipinski definition) is 5. The van der Waals surface area contributed by atoms with Crippen LogP contribution in [0.2, 0.25) is 0 Å². The Morgan fingerprint density at radius 2 is 1.77 bits per heavy atom. The molecule has 1 saturated heterocycles. The van der Waals surface area contributed by atoms with Gasteiger partial charge in [-0.15, -0.1) is 0 Å². The lowest BCUT2D eigenvalue weighted by Crippen LogP contribution is -2.51. The highest BCUT2D eigenvalue weighted by atomic mass is 19.4. The molecule has 0 bridgehead atoms. The van der Waals surface area contributed by atoms with Crippen molar-refractivity contribution >= 4 is 17.4 Å². The molecule has 30 heavy (non-hydrogen) atoms. The van der Waals surface area contributed by atoms with Crippen LogP contribution >= 0.6 is 0 Å². The van der Waals surface area contributed by atoms with E-state index in [1.807, 2.05) is 35.2 Å². The molecule has 9 heteroatoms. The molecule has 2 aromatic heterocycles. The second-order valence-corrected chi connectivity index (χ2v) is 6.92. The summed E-state index contributed by atoms with van der Waals surface area (Å²) in [5, 5.41) is 0. The van der Waals surface area contributed by atoms with Gasteiger partial charge >= 0.3 is 6.18 Å². The van der Waals surface area contributed by atoms with E-state index in [-0.39, 0.29) is 18.3 Å².